The third-order valence-corrected chi connectivity index (χ3v) is 3.81. The van der Waals surface area contributed by atoms with E-state index in [1.165, 1.54) is 11.1 Å². The molecule has 2 aromatic rings. The highest BCUT2D eigenvalue weighted by atomic mass is 16.5. The zero-order valence-corrected chi connectivity index (χ0v) is 13.2. The summed E-state index contributed by atoms with van der Waals surface area (Å²) in [7, 11) is 1.76. The number of benzene rings is 2. The van der Waals surface area contributed by atoms with Gasteiger partial charge in [-0.25, -0.2) is 0 Å². The molecule has 21 heavy (non-hydrogen) atoms. The lowest BCUT2D eigenvalue weighted by molar-refractivity contribution is 0.0210. The minimum absolute atomic E-state index is 0.163. The molecule has 0 aliphatic heterocycles. The number of nitrogens with one attached hydrogen (secondary N) is 1. The summed E-state index contributed by atoms with van der Waals surface area (Å²) < 4.78 is 5.51. The fourth-order valence-electron chi connectivity index (χ4n) is 2.28. The van der Waals surface area contributed by atoms with Crippen LogP contribution in [0.25, 0.3) is 0 Å². The summed E-state index contributed by atoms with van der Waals surface area (Å²) in [5.74, 6) is 0. The van der Waals surface area contributed by atoms with Crippen LogP contribution in [0.4, 0.5) is 0 Å². The number of ether oxygens (including phenoxy) is 1. The molecule has 0 radical (unpaired) electrons. The van der Waals surface area contributed by atoms with E-state index in [-0.39, 0.29) is 5.60 Å². The van der Waals surface area contributed by atoms with E-state index in [1.807, 2.05) is 0 Å². The van der Waals surface area contributed by atoms with Gasteiger partial charge in [-0.1, -0.05) is 60.7 Å². The molecule has 1 atom stereocenters. The minimum Gasteiger partial charge on any atom is -0.377 e. The quantitative estimate of drug-likeness (QED) is 0.829. The van der Waals surface area contributed by atoms with Crippen LogP contribution in [0.3, 0.4) is 0 Å². The lowest BCUT2D eigenvalue weighted by atomic mass is 9.98. The van der Waals surface area contributed by atoms with Gasteiger partial charge in [0.15, 0.2) is 0 Å². The molecule has 0 aliphatic carbocycles. The van der Waals surface area contributed by atoms with Crippen molar-refractivity contribution >= 4 is 0 Å². The van der Waals surface area contributed by atoms with Gasteiger partial charge in [0.25, 0.3) is 0 Å². The van der Waals surface area contributed by atoms with Crippen molar-refractivity contribution < 1.29 is 4.74 Å². The molecule has 0 fully saturated rings. The molecule has 0 bridgehead atoms. The smallest absolute Gasteiger partial charge is 0.0746 e. The second kappa shape index (κ2) is 7.39. The van der Waals surface area contributed by atoms with Gasteiger partial charge in [0.05, 0.1) is 5.60 Å². The average molecular weight is 283 g/mol. The number of rotatable bonds is 7. The molecule has 2 rings (SSSR count). The highest BCUT2D eigenvalue weighted by Crippen LogP contribution is 2.19. The third-order valence-electron chi connectivity index (χ3n) is 3.81. The summed E-state index contributed by atoms with van der Waals surface area (Å²) in [6.07, 6.45) is 0.977. The Bertz CT molecular complexity index is 522. The predicted octanol–water partition coefficient (Wildman–Crippen LogP) is 3.99. The highest BCUT2D eigenvalue weighted by molar-refractivity contribution is 5.23. The molecule has 0 aliphatic rings. The van der Waals surface area contributed by atoms with Crippen LogP contribution in [-0.2, 0) is 11.2 Å². The van der Waals surface area contributed by atoms with E-state index in [4.69, 9.17) is 4.74 Å². The van der Waals surface area contributed by atoms with Gasteiger partial charge in [-0.05, 0) is 31.4 Å². The molecule has 2 heteroatoms. The summed E-state index contributed by atoms with van der Waals surface area (Å²) in [6, 6.07) is 21.5. The molecule has 0 amide bonds. The van der Waals surface area contributed by atoms with Gasteiger partial charge in [-0.2, -0.15) is 0 Å². The SMILES string of the molecule is COC(C)(C)CNC(Cc1ccccc1)c1ccccc1. The van der Waals surface area contributed by atoms with Crippen LogP contribution in [0, 0.1) is 0 Å². The first-order valence-electron chi connectivity index (χ1n) is 7.48. The first-order valence-corrected chi connectivity index (χ1v) is 7.48. The molecule has 0 saturated carbocycles. The van der Waals surface area contributed by atoms with E-state index >= 15 is 0 Å². The average Bonchev–Trinajstić information content (AvgIpc) is 2.53. The van der Waals surface area contributed by atoms with Crippen LogP contribution in [0.2, 0.25) is 0 Å². The van der Waals surface area contributed by atoms with Crippen molar-refractivity contribution in [3.63, 3.8) is 0 Å². The largest absolute Gasteiger partial charge is 0.377 e. The molecular weight excluding hydrogens is 258 g/mol. The van der Waals surface area contributed by atoms with Gasteiger partial charge in [0.2, 0.25) is 0 Å². The van der Waals surface area contributed by atoms with Gasteiger partial charge >= 0.3 is 0 Å². The van der Waals surface area contributed by atoms with Crippen LogP contribution in [-0.4, -0.2) is 19.3 Å². The Labute approximate surface area is 128 Å². The normalized spacial score (nSPS) is 13.1. The zero-order chi connectivity index (χ0) is 15.1. The van der Waals surface area contributed by atoms with Crippen molar-refractivity contribution in [2.45, 2.75) is 31.9 Å². The molecule has 0 aromatic heterocycles. The maximum atomic E-state index is 5.51. The number of hydrogen-bond acceptors (Lipinski definition) is 2. The molecule has 1 N–H and O–H groups in total. The van der Waals surface area contributed by atoms with Gasteiger partial charge < -0.3 is 10.1 Å². The lowest BCUT2D eigenvalue weighted by Gasteiger charge is -2.27. The summed E-state index contributed by atoms with van der Waals surface area (Å²) in [5.41, 5.74) is 2.49. The molecule has 0 heterocycles. The van der Waals surface area contributed by atoms with Gasteiger partial charge in [-0.15, -0.1) is 0 Å². The molecule has 2 nitrogen and oxygen atoms in total. The zero-order valence-electron chi connectivity index (χ0n) is 13.2. The maximum Gasteiger partial charge on any atom is 0.0746 e. The Morgan fingerprint density at radius 1 is 0.952 bits per heavy atom. The number of methoxy groups -OCH3 is 1. The topological polar surface area (TPSA) is 21.3 Å². The van der Waals surface area contributed by atoms with Crippen molar-refractivity contribution in [2.75, 3.05) is 13.7 Å². The number of hydrogen-bond donors (Lipinski definition) is 1. The van der Waals surface area contributed by atoms with Crippen LogP contribution in [0.1, 0.15) is 31.0 Å². The van der Waals surface area contributed by atoms with Gasteiger partial charge in [0.1, 0.15) is 0 Å². The summed E-state index contributed by atoms with van der Waals surface area (Å²) >= 11 is 0. The Kier molecular flexibility index (Phi) is 5.54. The van der Waals surface area contributed by atoms with E-state index in [1.54, 1.807) is 7.11 Å². The van der Waals surface area contributed by atoms with Crippen LogP contribution in [0.5, 0.6) is 0 Å². The Morgan fingerprint density at radius 2 is 1.52 bits per heavy atom. The maximum absolute atomic E-state index is 5.51. The predicted molar refractivity (Wildman–Crippen MR) is 88.4 cm³/mol. The van der Waals surface area contributed by atoms with Crippen LogP contribution >= 0.6 is 0 Å². The van der Waals surface area contributed by atoms with Crippen LogP contribution in [0.15, 0.2) is 60.7 Å². The molecule has 2 aromatic carbocycles. The lowest BCUT2D eigenvalue weighted by Crippen LogP contribution is -2.39. The Balaban J connectivity index is 2.11. The monoisotopic (exact) mass is 283 g/mol. The first kappa shape index (κ1) is 15.7. The Hall–Kier alpha value is -1.64. The Morgan fingerprint density at radius 3 is 2.10 bits per heavy atom. The van der Waals surface area contributed by atoms with Gasteiger partial charge in [-0.3, -0.25) is 0 Å². The van der Waals surface area contributed by atoms with Crippen molar-refractivity contribution in [2.24, 2.45) is 0 Å². The van der Waals surface area contributed by atoms with E-state index in [0.717, 1.165) is 13.0 Å². The van der Waals surface area contributed by atoms with Crippen molar-refractivity contribution in [3.05, 3.63) is 71.8 Å². The molecule has 1 unspecified atom stereocenters. The highest BCUT2D eigenvalue weighted by Gasteiger charge is 2.19. The van der Waals surface area contributed by atoms with E-state index in [0.29, 0.717) is 6.04 Å². The van der Waals surface area contributed by atoms with Crippen molar-refractivity contribution in [1.82, 2.24) is 5.32 Å². The summed E-state index contributed by atoms with van der Waals surface area (Å²) in [4.78, 5) is 0. The minimum atomic E-state index is -0.163. The van der Waals surface area contributed by atoms with Crippen molar-refractivity contribution in [1.29, 1.82) is 0 Å². The summed E-state index contributed by atoms with van der Waals surface area (Å²) in [6.45, 7) is 5.02. The van der Waals surface area contributed by atoms with Crippen molar-refractivity contribution in [3.8, 4) is 0 Å². The van der Waals surface area contributed by atoms with E-state index in [2.05, 4.69) is 79.8 Å². The van der Waals surface area contributed by atoms with Gasteiger partial charge in [0, 0.05) is 19.7 Å². The third kappa shape index (κ3) is 5.00. The van der Waals surface area contributed by atoms with E-state index in [9.17, 15) is 0 Å². The second-order valence-electron chi connectivity index (χ2n) is 6.00. The summed E-state index contributed by atoms with van der Waals surface area (Å²) in [5, 5.41) is 3.65. The molecular formula is C19H25NO. The van der Waals surface area contributed by atoms with E-state index < -0.39 is 0 Å². The molecule has 0 spiro atoms. The molecule has 112 valence electrons. The standard InChI is InChI=1S/C19H25NO/c1-19(2,21-3)15-20-18(17-12-8-5-9-13-17)14-16-10-6-4-7-11-16/h4-13,18,20H,14-15H2,1-3H3. The molecule has 0 saturated heterocycles. The second-order valence-corrected chi connectivity index (χ2v) is 6.00. The van der Waals surface area contributed by atoms with Crippen LogP contribution < -0.4 is 5.32 Å². The fraction of sp³-hybridized carbons (Fsp3) is 0.368. The fourth-order valence-corrected chi connectivity index (χ4v) is 2.28. The first-order chi connectivity index (χ1) is 10.1.